The summed E-state index contributed by atoms with van der Waals surface area (Å²) in [7, 11) is 0. The van der Waals surface area contributed by atoms with E-state index in [2.05, 4.69) is 15.8 Å². The van der Waals surface area contributed by atoms with Crippen molar-refractivity contribution in [3.63, 3.8) is 0 Å². The second kappa shape index (κ2) is 7.26. The van der Waals surface area contributed by atoms with Crippen molar-refractivity contribution in [2.75, 3.05) is 6.54 Å². The van der Waals surface area contributed by atoms with Crippen LogP contribution in [0.3, 0.4) is 0 Å². The largest absolute Gasteiger partial charge is 0.481 e. The molecule has 0 aromatic carbocycles. The molecule has 1 aromatic rings. The minimum atomic E-state index is -0.820. The molecule has 0 spiro atoms. The molecule has 2 amide bonds. The number of aliphatic carboxylic acids is 1. The van der Waals surface area contributed by atoms with Crippen molar-refractivity contribution in [1.82, 2.24) is 15.8 Å². The third-order valence-corrected chi connectivity index (χ3v) is 2.02. The zero-order chi connectivity index (χ0) is 12.5. The second-order valence-electron chi connectivity index (χ2n) is 3.44. The summed E-state index contributed by atoms with van der Waals surface area (Å²) in [5.74, 6) is -0.245. The van der Waals surface area contributed by atoms with Crippen LogP contribution in [-0.2, 0) is 11.3 Å². The van der Waals surface area contributed by atoms with Crippen molar-refractivity contribution < 1.29 is 19.2 Å². The van der Waals surface area contributed by atoms with Crippen LogP contribution in [-0.4, -0.2) is 28.8 Å². The van der Waals surface area contributed by atoms with Crippen LogP contribution in [0.4, 0.5) is 4.79 Å². The van der Waals surface area contributed by atoms with E-state index in [-0.39, 0.29) is 19.0 Å². The van der Waals surface area contributed by atoms with Gasteiger partial charge < -0.3 is 20.3 Å². The Kier molecular flexibility index (Phi) is 5.56. The molecule has 0 aliphatic heterocycles. The van der Waals surface area contributed by atoms with E-state index in [4.69, 9.17) is 9.63 Å². The third kappa shape index (κ3) is 6.18. The first-order valence-corrected chi connectivity index (χ1v) is 5.31. The topological polar surface area (TPSA) is 104 Å². The monoisotopic (exact) mass is 241 g/mol. The Hall–Kier alpha value is -2.05. The summed E-state index contributed by atoms with van der Waals surface area (Å²) in [6.45, 7) is 0.733. The molecule has 17 heavy (non-hydrogen) atoms. The second-order valence-corrected chi connectivity index (χ2v) is 3.44. The molecule has 7 nitrogen and oxygen atoms in total. The van der Waals surface area contributed by atoms with Gasteiger partial charge >= 0.3 is 12.0 Å². The van der Waals surface area contributed by atoms with Crippen molar-refractivity contribution in [3.05, 3.63) is 18.0 Å². The molecule has 7 heteroatoms. The van der Waals surface area contributed by atoms with Crippen molar-refractivity contribution in [1.29, 1.82) is 0 Å². The lowest BCUT2D eigenvalue weighted by Gasteiger charge is -2.05. The molecular weight excluding hydrogens is 226 g/mol. The Morgan fingerprint density at radius 1 is 1.35 bits per heavy atom. The van der Waals surface area contributed by atoms with Crippen LogP contribution in [0, 0.1) is 0 Å². The molecule has 94 valence electrons. The number of carbonyl (C=O) groups excluding carboxylic acids is 1. The van der Waals surface area contributed by atoms with Gasteiger partial charge in [0.2, 0.25) is 0 Å². The fourth-order valence-corrected chi connectivity index (χ4v) is 1.17. The maximum Gasteiger partial charge on any atom is 0.315 e. The number of rotatable bonds is 7. The van der Waals surface area contributed by atoms with Gasteiger partial charge in [-0.3, -0.25) is 4.79 Å². The fraction of sp³-hybridized carbons (Fsp3) is 0.500. The molecule has 0 atom stereocenters. The summed E-state index contributed by atoms with van der Waals surface area (Å²) >= 11 is 0. The summed E-state index contributed by atoms with van der Waals surface area (Å²) in [6, 6.07) is 1.35. The number of unbranched alkanes of at least 4 members (excludes halogenated alkanes) is 1. The quantitative estimate of drug-likeness (QED) is 0.610. The number of nitrogens with zero attached hydrogens (tertiary/aromatic N) is 1. The van der Waals surface area contributed by atoms with Gasteiger partial charge in [0.1, 0.15) is 0 Å². The molecule has 0 unspecified atom stereocenters. The van der Waals surface area contributed by atoms with Gasteiger partial charge in [-0.2, -0.15) is 0 Å². The number of hydrogen-bond acceptors (Lipinski definition) is 4. The summed E-state index contributed by atoms with van der Waals surface area (Å²) in [5.41, 5.74) is 0. The fourth-order valence-electron chi connectivity index (χ4n) is 1.17. The number of carbonyl (C=O) groups is 2. The van der Waals surface area contributed by atoms with Gasteiger partial charge in [-0.15, -0.1) is 0 Å². The Balaban J connectivity index is 2.00. The van der Waals surface area contributed by atoms with Crippen LogP contribution in [0.25, 0.3) is 0 Å². The zero-order valence-electron chi connectivity index (χ0n) is 9.31. The molecule has 0 aliphatic rings. The maximum absolute atomic E-state index is 11.2. The summed E-state index contributed by atoms with van der Waals surface area (Å²) in [4.78, 5) is 21.4. The van der Waals surface area contributed by atoms with Gasteiger partial charge in [0.05, 0.1) is 12.7 Å². The lowest BCUT2D eigenvalue weighted by Crippen LogP contribution is -2.35. The Morgan fingerprint density at radius 2 is 2.18 bits per heavy atom. The minimum Gasteiger partial charge on any atom is -0.481 e. The van der Waals surface area contributed by atoms with Gasteiger partial charge in [-0.25, -0.2) is 4.79 Å². The standard InChI is InChI=1S/C10H15N3O4/c14-9(15)3-1-2-5-11-10(16)12-7-8-4-6-13-17-8/h4,6H,1-3,5,7H2,(H,14,15)(H2,11,12,16). The molecule has 1 aromatic heterocycles. The normalized spacial score (nSPS) is 9.88. The number of aromatic nitrogens is 1. The SMILES string of the molecule is O=C(O)CCCCNC(=O)NCc1ccno1. The molecule has 0 saturated carbocycles. The molecule has 0 fully saturated rings. The van der Waals surface area contributed by atoms with Crippen LogP contribution in [0.1, 0.15) is 25.0 Å². The third-order valence-electron chi connectivity index (χ3n) is 2.02. The van der Waals surface area contributed by atoms with E-state index >= 15 is 0 Å². The Bertz CT molecular complexity index is 350. The lowest BCUT2D eigenvalue weighted by molar-refractivity contribution is -0.137. The van der Waals surface area contributed by atoms with Crippen molar-refractivity contribution in [2.45, 2.75) is 25.8 Å². The first-order chi connectivity index (χ1) is 8.18. The number of amides is 2. The molecule has 0 bridgehead atoms. The van der Waals surface area contributed by atoms with Crippen molar-refractivity contribution in [2.24, 2.45) is 0 Å². The Morgan fingerprint density at radius 3 is 2.82 bits per heavy atom. The van der Waals surface area contributed by atoms with E-state index in [0.717, 1.165) is 0 Å². The molecular formula is C10H15N3O4. The molecule has 1 heterocycles. The van der Waals surface area contributed by atoms with Gasteiger partial charge in [0.25, 0.3) is 0 Å². The predicted molar refractivity (Wildman–Crippen MR) is 58.2 cm³/mol. The van der Waals surface area contributed by atoms with Gasteiger partial charge in [0, 0.05) is 19.0 Å². The van der Waals surface area contributed by atoms with Crippen LogP contribution in [0.2, 0.25) is 0 Å². The minimum absolute atomic E-state index is 0.126. The van der Waals surface area contributed by atoms with Crippen molar-refractivity contribution in [3.8, 4) is 0 Å². The average molecular weight is 241 g/mol. The lowest BCUT2D eigenvalue weighted by atomic mass is 10.2. The van der Waals surface area contributed by atoms with Crippen molar-refractivity contribution >= 4 is 12.0 Å². The first kappa shape index (κ1) is 13.0. The summed E-state index contributed by atoms with van der Waals surface area (Å²) in [5, 5.41) is 17.1. The average Bonchev–Trinajstić information content (AvgIpc) is 2.78. The number of hydrogen-bond donors (Lipinski definition) is 3. The van der Waals surface area contributed by atoms with Gasteiger partial charge in [-0.05, 0) is 12.8 Å². The summed E-state index contributed by atoms with van der Waals surface area (Å²) < 4.78 is 4.80. The highest BCUT2D eigenvalue weighted by Gasteiger charge is 2.02. The van der Waals surface area contributed by atoms with Gasteiger partial charge in [-0.1, -0.05) is 5.16 Å². The van der Waals surface area contributed by atoms with Gasteiger partial charge in [0.15, 0.2) is 5.76 Å². The highest BCUT2D eigenvalue weighted by Crippen LogP contribution is 1.95. The zero-order valence-corrected chi connectivity index (χ0v) is 9.31. The number of carboxylic acid groups (broad SMARTS) is 1. The highest BCUT2D eigenvalue weighted by molar-refractivity contribution is 5.73. The summed E-state index contributed by atoms with van der Waals surface area (Å²) in [6.07, 6.45) is 2.82. The van der Waals surface area contributed by atoms with Crippen LogP contribution in [0.5, 0.6) is 0 Å². The molecule has 0 aliphatic carbocycles. The molecule has 0 saturated heterocycles. The van der Waals surface area contributed by atoms with E-state index in [1.165, 1.54) is 6.20 Å². The molecule has 1 rings (SSSR count). The first-order valence-electron chi connectivity index (χ1n) is 5.31. The van der Waals surface area contributed by atoms with Crippen LogP contribution < -0.4 is 10.6 Å². The predicted octanol–water partition coefficient (Wildman–Crippen LogP) is 0.729. The van der Waals surface area contributed by atoms with Crippen LogP contribution in [0.15, 0.2) is 16.8 Å². The molecule has 3 N–H and O–H groups in total. The smallest absolute Gasteiger partial charge is 0.315 e. The van der Waals surface area contributed by atoms with Crippen LogP contribution >= 0.6 is 0 Å². The number of nitrogens with one attached hydrogen (secondary N) is 2. The van der Waals surface area contributed by atoms with E-state index in [0.29, 0.717) is 25.1 Å². The maximum atomic E-state index is 11.2. The van der Waals surface area contributed by atoms with E-state index in [1.54, 1.807) is 6.07 Å². The molecule has 0 radical (unpaired) electrons. The van der Waals surface area contributed by atoms with E-state index in [9.17, 15) is 9.59 Å². The number of urea groups is 1. The highest BCUT2D eigenvalue weighted by atomic mass is 16.5. The number of carboxylic acids is 1. The van der Waals surface area contributed by atoms with E-state index < -0.39 is 5.97 Å². The Labute approximate surface area is 98.2 Å². The van der Waals surface area contributed by atoms with E-state index in [1.807, 2.05) is 0 Å².